The van der Waals surface area contributed by atoms with Crippen molar-refractivity contribution < 1.29 is 19.1 Å². The molecule has 150 valence electrons. The van der Waals surface area contributed by atoms with E-state index in [4.69, 9.17) is 4.74 Å². The summed E-state index contributed by atoms with van der Waals surface area (Å²) in [7, 11) is 1.29. The van der Waals surface area contributed by atoms with Crippen LogP contribution in [0.5, 0.6) is 5.75 Å². The molecular weight excluding hydrogens is 388 g/mol. The molecule has 0 fully saturated rings. The van der Waals surface area contributed by atoms with Crippen molar-refractivity contribution in [1.29, 1.82) is 0 Å². The summed E-state index contributed by atoms with van der Waals surface area (Å²) in [6.45, 7) is 2.31. The molecule has 0 radical (unpaired) electrons. The van der Waals surface area contributed by atoms with Gasteiger partial charge in [0.25, 0.3) is 5.91 Å². The Morgan fingerprint density at radius 1 is 1.14 bits per heavy atom. The zero-order valence-electron chi connectivity index (χ0n) is 16.3. The normalized spacial score (nSPS) is 10.4. The maximum Gasteiger partial charge on any atom is 0.343 e. The average Bonchev–Trinajstić information content (AvgIpc) is 3.19. The smallest absolute Gasteiger partial charge is 0.343 e. The second kappa shape index (κ2) is 9.84. The first kappa shape index (κ1) is 20.5. The van der Waals surface area contributed by atoms with Gasteiger partial charge in [0, 0.05) is 23.1 Å². The molecule has 0 saturated heterocycles. The fourth-order valence-corrected chi connectivity index (χ4v) is 3.31. The van der Waals surface area contributed by atoms with Crippen LogP contribution in [0.1, 0.15) is 20.9 Å². The van der Waals surface area contributed by atoms with Crippen molar-refractivity contribution in [1.82, 2.24) is 10.3 Å². The van der Waals surface area contributed by atoms with Crippen LogP contribution in [-0.4, -0.2) is 37.1 Å². The Morgan fingerprint density at radius 3 is 2.62 bits per heavy atom. The van der Waals surface area contributed by atoms with Gasteiger partial charge in [-0.25, -0.2) is 9.78 Å². The Kier molecular flexibility index (Phi) is 6.97. The number of thiazole rings is 1. The second-order valence-electron chi connectivity index (χ2n) is 6.35. The summed E-state index contributed by atoms with van der Waals surface area (Å²) < 4.78 is 9.85. The number of rotatable bonds is 8. The van der Waals surface area contributed by atoms with E-state index in [1.165, 1.54) is 7.11 Å². The summed E-state index contributed by atoms with van der Waals surface area (Å²) in [6, 6.07) is 14.9. The molecule has 0 unspecified atom stereocenters. The number of amides is 1. The van der Waals surface area contributed by atoms with Gasteiger partial charge in [-0.15, -0.1) is 11.3 Å². The molecule has 2 aromatic carbocycles. The SMILES string of the molecule is COC(=O)COc1cccc(C(=O)NCCc2ccc(-c3csc(C)n3)cc2)c1. The third-order valence-electron chi connectivity index (χ3n) is 4.25. The van der Waals surface area contributed by atoms with E-state index in [0.717, 1.165) is 28.2 Å². The lowest BCUT2D eigenvalue weighted by molar-refractivity contribution is -0.142. The minimum Gasteiger partial charge on any atom is -0.482 e. The van der Waals surface area contributed by atoms with E-state index in [1.54, 1.807) is 35.6 Å². The quantitative estimate of drug-likeness (QED) is 0.574. The number of methoxy groups -OCH3 is 1. The second-order valence-corrected chi connectivity index (χ2v) is 7.41. The minimum absolute atomic E-state index is 0.192. The zero-order valence-corrected chi connectivity index (χ0v) is 17.1. The number of aryl methyl sites for hydroxylation is 1. The lowest BCUT2D eigenvalue weighted by Crippen LogP contribution is -2.25. The molecule has 0 aliphatic rings. The van der Waals surface area contributed by atoms with Crippen LogP contribution in [0.25, 0.3) is 11.3 Å². The molecule has 0 aliphatic carbocycles. The summed E-state index contributed by atoms with van der Waals surface area (Å²) in [6.07, 6.45) is 0.723. The fourth-order valence-electron chi connectivity index (χ4n) is 2.69. The molecule has 3 rings (SSSR count). The van der Waals surface area contributed by atoms with Gasteiger partial charge < -0.3 is 14.8 Å². The fraction of sp³-hybridized carbons (Fsp3) is 0.227. The molecule has 1 aromatic heterocycles. The van der Waals surface area contributed by atoms with E-state index in [0.29, 0.717) is 17.9 Å². The van der Waals surface area contributed by atoms with Crippen molar-refractivity contribution >= 4 is 23.2 Å². The van der Waals surface area contributed by atoms with Crippen LogP contribution in [0.2, 0.25) is 0 Å². The first-order valence-corrected chi connectivity index (χ1v) is 10.0. The van der Waals surface area contributed by atoms with Crippen molar-refractivity contribution in [3.05, 3.63) is 70.0 Å². The van der Waals surface area contributed by atoms with Gasteiger partial charge in [-0.2, -0.15) is 0 Å². The van der Waals surface area contributed by atoms with Gasteiger partial charge in [-0.05, 0) is 37.1 Å². The molecule has 6 nitrogen and oxygen atoms in total. The maximum atomic E-state index is 12.4. The molecule has 1 heterocycles. The lowest BCUT2D eigenvalue weighted by Gasteiger charge is -2.08. The van der Waals surface area contributed by atoms with Gasteiger partial charge in [-0.3, -0.25) is 4.79 Å². The Morgan fingerprint density at radius 2 is 1.93 bits per heavy atom. The predicted octanol–water partition coefficient (Wildman–Crippen LogP) is 3.64. The van der Waals surface area contributed by atoms with Gasteiger partial charge >= 0.3 is 5.97 Å². The highest BCUT2D eigenvalue weighted by molar-refractivity contribution is 7.09. The molecule has 7 heteroatoms. The van der Waals surface area contributed by atoms with Crippen molar-refractivity contribution in [2.75, 3.05) is 20.3 Å². The standard InChI is InChI=1S/C22H22N2O4S/c1-15-24-20(14-29-15)17-8-6-16(7-9-17)10-11-23-22(26)18-4-3-5-19(12-18)28-13-21(25)27-2/h3-9,12,14H,10-11,13H2,1-2H3,(H,23,26). The molecular formula is C22H22N2O4S. The highest BCUT2D eigenvalue weighted by Crippen LogP contribution is 2.22. The number of nitrogens with one attached hydrogen (secondary N) is 1. The summed E-state index contributed by atoms with van der Waals surface area (Å²) in [5, 5.41) is 6.00. The number of nitrogens with zero attached hydrogens (tertiary/aromatic N) is 1. The molecule has 0 atom stereocenters. The first-order valence-electron chi connectivity index (χ1n) is 9.14. The average molecular weight is 410 g/mol. The molecule has 0 bridgehead atoms. The summed E-state index contributed by atoms with van der Waals surface area (Å²) in [5.41, 5.74) is 3.69. The summed E-state index contributed by atoms with van der Waals surface area (Å²) in [5.74, 6) is -0.227. The predicted molar refractivity (Wildman–Crippen MR) is 112 cm³/mol. The van der Waals surface area contributed by atoms with Gasteiger partial charge in [0.05, 0.1) is 17.8 Å². The third-order valence-corrected chi connectivity index (χ3v) is 5.02. The highest BCUT2D eigenvalue weighted by Gasteiger charge is 2.08. The monoisotopic (exact) mass is 410 g/mol. The van der Waals surface area contributed by atoms with E-state index >= 15 is 0 Å². The zero-order chi connectivity index (χ0) is 20.6. The molecule has 29 heavy (non-hydrogen) atoms. The Balaban J connectivity index is 1.50. The van der Waals surface area contributed by atoms with Gasteiger partial charge in [0.15, 0.2) is 6.61 Å². The van der Waals surface area contributed by atoms with E-state index in [2.05, 4.69) is 27.2 Å². The molecule has 1 N–H and O–H groups in total. The Hall–Kier alpha value is -3.19. The number of ether oxygens (including phenoxy) is 2. The Bertz CT molecular complexity index is 982. The van der Waals surface area contributed by atoms with Gasteiger partial charge in [0.2, 0.25) is 0 Å². The van der Waals surface area contributed by atoms with Crippen molar-refractivity contribution in [3.8, 4) is 17.0 Å². The number of carbonyl (C=O) groups is 2. The first-order chi connectivity index (χ1) is 14.0. The number of aromatic nitrogens is 1. The lowest BCUT2D eigenvalue weighted by atomic mass is 10.1. The van der Waals surface area contributed by atoms with Crippen LogP contribution in [0.3, 0.4) is 0 Å². The summed E-state index contributed by atoms with van der Waals surface area (Å²) >= 11 is 1.63. The number of benzene rings is 2. The molecule has 0 saturated carbocycles. The van der Waals surface area contributed by atoms with Crippen molar-refractivity contribution in [3.63, 3.8) is 0 Å². The number of carbonyl (C=O) groups excluding carboxylic acids is 2. The number of esters is 1. The van der Waals surface area contributed by atoms with Crippen LogP contribution in [0, 0.1) is 6.92 Å². The van der Waals surface area contributed by atoms with E-state index in [1.807, 2.05) is 24.4 Å². The highest BCUT2D eigenvalue weighted by atomic mass is 32.1. The molecule has 0 aliphatic heterocycles. The summed E-state index contributed by atoms with van der Waals surface area (Å²) in [4.78, 5) is 28.0. The Labute approximate surface area is 173 Å². The largest absolute Gasteiger partial charge is 0.482 e. The van der Waals surface area contributed by atoms with Crippen LogP contribution < -0.4 is 10.1 Å². The topological polar surface area (TPSA) is 77.5 Å². The number of hydrogen-bond donors (Lipinski definition) is 1. The van der Waals surface area contributed by atoms with Gasteiger partial charge in [-0.1, -0.05) is 30.3 Å². The minimum atomic E-state index is -0.476. The van der Waals surface area contributed by atoms with Crippen LogP contribution >= 0.6 is 11.3 Å². The van der Waals surface area contributed by atoms with E-state index < -0.39 is 5.97 Å². The van der Waals surface area contributed by atoms with Crippen molar-refractivity contribution in [2.45, 2.75) is 13.3 Å². The van der Waals surface area contributed by atoms with Crippen molar-refractivity contribution in [2.24, 2.45) is 0 Å². The van der Waals surface area contributed by atoms with E-state index in [9.17, 15) is 9.59 Å². The van der Waals surface area contributed by atoms with Crippen LogP contribution in [0.4, 0.5) is 0 Å². The molecule has 0 spiro atoms. The van der Waals surface area contributed by atoms with E-state index in [-0.39, 0.29) is 12.5 Å². The third kappa shape index (κ3) is 5.89. The maximum absolute atomic E-state index is 12.4. The van der Waals surface area contributed by atoms with Crippen LogP contribution in [0.15, 0.2) is 53.9 Å². The number of hydrogen-bond acceptors (Lipinski definition) is 6. The van der Waals surface area contributed by atoms with Gasteiger partial charge in [0.1, 0.15) is 5.75 Å². The molecule has 3 aromatic rings. The van der Waals surface area contributed by atoms with Crippen LogP contribution in [-0.2, 0) is 16.0 Å². The molecule has 1 amide bonds.